The molecule has 1 N–H and O–H groups in total. The molecule has 150 valence electrons. The quantitative estimate of drug-likeness (QED) is 0.443. The molecule has 4 atom stereocenters. The first-order valence-electron chi connectivity index (χ1n) is 10.2. The molecule has 2 heteroatoms. The summed E-state index contributed by atoms with van der Waals surface area (Å²) in [5, 5.41) is 8.52. The van der Waals surface area contributed by atoms with Crippen molar-refractivity contribution in [2.45, 2.75) is 104 Å². The number of hydrogen-bond acceptors (Lipinski definition) is 2. The molecule has 1 saturated heterocycles. The predicted molar refractivity (Wildman–Crippen MR) is 113 cm³/mol. The maximum absolute atomic E-state index is 8.52. The Morgan fingerprint density at radius 2 is 1.69 bits per heavy atom. The fourth-order valence-electron chi connectivity index (χ4n) is 3.51. The molecule has 1 heterocycles. The minimum Gasteiger partial charge on any atom is -0.391 e. The van der Waals surface area contributed by atoms with Crippen molar-refractivity contribution in [2.75, 3.05) is 0 Å². The molecule has 3 aliphatic rings. The standard InChI is InChI=1S/C10H16O.C10H16.C4H10O/c1-7(2)8-4-5-10(3)9(6-8)11-10;1-8(2)10-6-4-9(3)5-7-10;1-4(2,3)5/h8-9H,1,4-6H2,2-3H3;4,10H,1,5-7H2,2-3H3;5H,1-3H3. The highest BCUT2D eigenvalue weighted by atomic mass is 16.6. The van der Waals surface area contributed by atoms with E-state index in [1.165, 1.54) is 49.7 Å². The zero-order valence-corrected chi connectivity index (χ0v) is 18.3. The molecular formula is C24H42O2. The number of aliphatic hydroxyl groups is 1. The number of hydrogen-bond donors (Lipinski definition) is 1. The lowest BCUT2D eigenvalue weighted by Crippen LogP contribution is -2.21. The highest BCUT2D eigenvalue weighted by molar-refractivity contribution is 5.10. The molecule has 0 amide bonds. The third-order valence-electron chi connectivity index (χ3n) is 5.55. The molecule has 3 rings (SSSR count). The van der Waals surface area contributed by atoms with Gasteiger partial charge >= 0.3 is 0 Å². The van der Waals surface area contributed by atoms with Gasteiger partial charge in [-0.3, -0.25) is 0 Å². The van der Waals surface area contributed by atoms with Crippen LogP contribution in [0.2, 0.25) is 0 Å². The van der Waals surface area contributed by atoms with Crippen LogP contribution in [0.3, 0.4) is 0 Å². The van der Waals surface area contributed by atoms with Gasteiger partial charge in [0, 0.05) is 0 Å². The number of allylic oxidation sites excluding steroid dienone is 4. The van der Waals surface area contributed by atoms with Crippen molar-refractivity contribution in [3.63, 3.8) is 0 Å². The van der Waals surface area contributed by atoms with Crippen molar-refractivity contribution in [1.82, 2.24) is 0 Å². The van der Waals surface area contributed by atoms with Crippen LogP contribution in [0.1, 0.15) is 87.0 Å². The molecule has 0 aromatic heterocycles. The molecular weight excluding hydrogens is 320 g/mol. The monoisotopic (exact) mass is 362 g/mol. The van der Waals surface area contributed by atoms with Crippen molar-refractivity contribution >= 4 is 0 Å². The van der Waals surface area contributed by atoms with Crippen molar-refractivity contribution in [3.05, 3.63) is 36.0 Å². The maximum Gasteiger partial charge on any atom is 0.0920 e. The average Bonchev–Trinajstić information content (AvgIpc) is 3.17. The second-order valence-corrected chi connectivity index (χ2v) is 9.78. The van der Waals surface area contributed by atoms with Gasteiger partial charge in [0.1, 0.15) is 0 Å². The van der Waals surface area contributed by atoms with Gasteiger partial charge in [0.25, 0.3) is 0 Å². The van der Waals surface area contributed by atoms with Gasteiger partial charge in [-0.15, -0.1) is 0 Å². The van der Waals surface area contributed by atoms with Crippen LogP contribution in [-0.2, 0) is 4.74 Å². The van der Waals surface area contributed by atoms with Gasteiger partial charge in [0.05, 0.1) is 17.3 Å². The van der Waals surface area contributed by atoms with E-state index in [1.807, 2.05) is 0 Å². The molecule has 1 aliphatic heterocycles. The van der Waals surface area contributed by atoms with E-state index in [2.05, 4.69) is 46.9 Å². The van der Waals surface area contributed by atoms with Crippen LogP contribution in [0.15, 0.2) is 36.0 Å². The lowest BCUT2D eigenvalue weighted by molar-refractivity contribution is 0.102. The number of rotatable bonds is 2. The van der Waals surface area contributed by atoms with Gasteiger partial charge in [0.15, 0.2) is 0 Å². The van der Waals surface area contributed by atoms with Crippen LogP contribution in [0, 0.1) is 11.8 Å². The Morgan fingerprint density at radius 1 is 1.15 bits per heavy atom. The first-order valence-corrected chi connectivity index (χ1v) is 10.2. The normalized spacial score (nSPS) is 32.6. The topological polar surface area (TPSA) is 32.8 Å². The van der Waals surface area contributed by atoms with E-state index in [0.29, 0.717) is 6.10 Å². The van der Waals surface area contributed by atoms with Crippen LogP contribution < -0.4 is 0 Å². The molecule has 2 fully saturated rings. The molecule has 0 bridgehead atoms. The van der Waals surface area contributed by atoms with Crippen LogP contribution in [0.25, 0.3) is 0 Å². The van der Waals surface area contributed by atoms with Gasteiger partial charge < -0.3 is 9.84 Å². The van der Waals surface area contributed by atoms with E-state index in [4.69, 9.17) is 9.84 Å². The fourth-order valence-corrected chi connectivity index (χ4v) is 3.51. The SMILES string of the molecule is C=C(C)C1CC=C(C)CC1.C=C(C)C1CCC2(C)OC2C1.CC(C)(C)O. The number of epoxide rings is 1. The number of ether oxygens (including phenoxy) is 1. The summed E-state index contributed by atoms with van der Waals surface area (Å²) in [6, 6.07) is 0. The van der Waals surface area contributed by atoms with Crippen LogP contribution in [0.5, 0.6) is 0 Å². The third kappa shape index (κ3) is 8.68. The highest BCUT2D eigenvalue weighted by Gasteiger charge is 2.55. The second-order valence-electron chi connectivity index (χ2n) is 9.78. The zero-order chi connectivity index (χ0) is 20.1. The molecule has 0 spiro atoms. The fraction of sp³-hybridized carbons (Fsp3) is 0.750. The molecule has 0 radical (unpaired) electrons. The van der Waals surface area contributed by atoms with Gasteiger partial charge in [-0.25, -0.2) is 0 Å². The summed E-state index contributed by atoms with van der Waals surface area (Å²) in [5.74, 6) is 1.50. The molecule has 26 heavy (non-hydrogen) atoms. The summed E-state index contributed by atoms with van der Waals surface area (Å²) in [6.45, 7) is 21.9. The largest absolute Gasteiger partial charge is 0.391 e. The summed E-state index contributed by atoms with van der Waals surface area (Å²) < 4.78 is 5.60. The van der Waals surface area contributed by atoms with E-state index in [9.17, 15) is 0 Å². The molecule has 0 aromatic rings. The number of fused-ring (bicyclic) bond motifs is 1. The summed E-state index contributed by atoms with van der Waals surface area (Å²) in [4.78, 5) is 0. The Labute approximate surface area is 162 Å². The minimum absolute atomic E-state index is 0.270. The minimum atomic E-state index is -0.500. The van der Waals surface area contributed by atoms with Crippen molar-refractivity contribution in [1.29, 1.82) is 0 Å². The Morgan fingerprint density at radius 3 is 2.08 bits per heavy atom. The van der Waals surface area contributed by atoms with Crippen LogP contribution in [0.4, 0.5) is 0 Å². The summed E-state index contributed by atoms with van der Waals surface area (Å²) in [6.07, 6.45) is 10.4. The van der Waals surface area contributed by atoms with Gasteiger partial charge in [-0.2, -0.15) is 0 Å². The Bertz CT molecular complexity index is 517. The molecule has 2 aliphatic carbocycles. The molecule has 4 unspecified atom stereocenters. The predicted octanol–water partition coefficient (Wildman–Crippen LogP) is 6.61. The summed E-state index contributed by atoms with van der Waals surface area (Å²) in [7, 11) is 0. The lowest BCUT2D eigenvalue weighted by atomic mass is 9.80. The highest BCUT2D eigenvalue weighted by Crippen LogP contribution is 2.50. The smallest absolute Gasteiger partial charge is 0.0920 e. The van der Waals surface area contributed by atoms with Gasteiger partial charge in [-0.05, 0) is 98.8 Å². The molecule has 0 aromatic carbocycles. The van der Waals surface area contributed by atoms with E-state index in [1.54, 1.807) is 26.3 Å². The summed E-state index contributed by atoms with van der Waals surface area (Å²) >= 11 is 0. The Kier molecular flexibility index (Phi) is 8.35. The van der Waals surface area contributed by atoms with E-state index in [0.717, 1.165) is 11.8 Å². The van der Waals surface area contributed by atoms with Crippen molar-refractivity contribution in [2.24, 2.45) is 11.8 Å². The lowest BCUT2D eigenvalue weighted by Gasteiger charge is -2.22. The first kappa shape index (κ1) is 23.2. The third-order valence-corrected chi connectivity index (χ3v) is 5.55. The van der Waals surface area contributed by atoms with Crippen molar-refractivity contribution in [3.8, 4) is 0 Å². The van der Waals surface area contributed by atoms with Crippen LogP contribution in [-0.4, -0.2) is 22.4 Å². The van der Waals surface area contributed by atoms with Crippen LogP contribution >= 0.6 is 0 Å². The van der Waals surface area contributed by atoms with E-state index in [-0.39, 0.29) is 5.60 Å². The van der Waals surface area contributed by atoms with E-state index < -0.39 is 5.60 Å². The maximum atomic E-state index is 8.52. The molecule has 1 saturated carbocycles. The van der Waals surface area contributed by atoms with Gasteiger partial charge in [-0.1, -0.05) is 36.0 Å². The average molecular weight is 363 g/mol. The zero-order valence-electron chi connectivity index (χ0n) is 18.3. The Balaban J connectivity index is 0.000000210. The Hall–Kier alpha value is -0.860. The van der Waals surface area contributed by atoms with Gasteiger partial charge in [0.2, 0.25) is 0 Å². The van der Waals surface area contributed by atoms with Crippen molar-refractivity contribution < 1.29 is 9.84 Å². The summed E-state index contributed by atoms with van der Waals surface area (Å²) in [5.41, 5.74) is 4.01. The first-order chi connectivity index (χ1) is 11.8. The molecule has 2 nitrogen and oxygen atoms in total. The van der Waals surface area contributed by atoms with E-state index >= 15 is 0 Å². The second kappa shape index (κ2) is 9.37.